The molecule has 4 fully saturated rings. The average Bonchev–Trinajstić information content (AvgIpc) is 3.15. The van der Waals surface area contributed by atoms with Gasteiger partial charge in [0.25, 0.3) is 0 Å². The van der Waals surface area contributed by atoms with Gasteiger partial charge in [-0.1, -0.05) is 40.5 Å². The van der Waals surface area contributed by atoms with E-state index in [4.69, 9.17) is 9.16 Å². The maximum absolute atomic E-state index is 11.8. The minimum Gasteiger partial charge on any atom is -0.469 e. The van der Waals surface area contributed by atoms with E-state index in [-0.39, 0.29) is 11.9 Å². The molecule has 0 N–H and O–H groups in total. The number of hydrogen-bond acceptors (Lipinski definition) is 3. The van der Waals surface area contributed by atoms with E-state index in [0.29, 0.717) is 16.9 Å². The Morgan fingerprint density at radius 2 is 1.60 bits per heavy atom. The maximum atomic E-state index is 11.8. The summed E-state index contributed by atoms with van der Waals surface area (Å²) >= 11 is 0. The van der Waals surface area contributed by atoms with E-state index in [0.717, 1.165) is 48.3 Å². The van der Waals surface area contributed by atoms with Crippen molar-refractivity contribution in [3.8, 4) is 0 Å². The van der Waals surface area contributed by atoms with Gasteiger partial charge in [0, 0.05) is 6.10 Å². The summed E-state index contributed by atoms with van der Waals surface area (Å²) in [5.41, 5.74) is 1.09. The normalized spacial score (nSPS) is 43.0. The SMILES string of the molecule is COC(=O)C(C)CCCC(C)C1CCC2C3CCC4CC(O[Si](C)(C)C)CCC4(C)C3CCC12C. The molecule has 202 valence electrons. The number of esters is 1. The average molecular weight is 505 g/mol. The summed E-state index contributed by atoms with van der Waals surface area (Å²) in [6, 6.07) is 0. The van der Waals surface area contributed by atoms with Crippen LogP contribution < -0.4 is 0 Å². The lowest BCUT2D eigenvalue weighted by molar-refractivity contribution is -0.145. The van der Waals surface area contributed by atoms with Gasteiger partial charge in [-0.3, -0.25) is 4.79 Å². The van der Waals surface area contributed by atoms with Crippen LogP contribution in [0.3, 0.4) is 0 Å². The lowest BCUT2D eigenvalue weighted by Gasteiger charge is -2.61. The Balaban J connectivity index is 1.38. The van der Waals surface area contributed by atoms with Crippen LogP contribution in [0.4, 0.5) is 0 Å². The monoisotopic (exact) mass is 504 g/mol. The summed E-state index contributed by atoms with van der Waals surface area (Å²) in [5, 5.41) is 0. The van der Waals surface area contributed by atoms with Crippen LogP contribution in [0, 0.1) is 52.3 Å². The molecule has 4 heteroatoms. The molecule has 0 aromatic heterocycles. The quantitative estimate of drug-likeness (QED) is 0.245. The summed E-state index contributed by atoms with van der Waals surface area (Å²) in [6.45, 7) is 17.0. The molecule has 4 rings (SSSR count). The van der Waals surface area contributed by atoms with Crippen molar-refractivity contribution in [2.75, 3.05) is 7.11 Å². The second-order valence-corrected chi connectivity index (χ2v) is 19.3. The first-order chi connectivity index (χ1) is 16.4. The second kappa shape index (κ2) is 10.4. The molecule has 0 bridgehead atoms. The molecule has 0 saturated heterocycles. The molecular weight excluding hydrogens is 448 g/mol. The minimum absolute atomic E-state index is 0.0386. The molecule has 10 unspecified atom stereocenters. The van der Waals surface area contributed by atoms with Crippen molar-refractivity contribution in [1.29, 1.82) is 0 Å². The number of rotatable bonds is 8. The summed E-state index contributed by atoms with van der Waals surface area (Å²) in [6.07, 6.45) is 16.7. The van der Waals surface area contributed by atoms with Gasteiger partial charge in [-0.15, -0.1) is 0 Å². The van der Waals surface area contributed by atoms with Crippen molar-refractivity contribution < 1.29 is 14.0 Å². The first kappa shape index (κ1) is 27.7. The van der Waals surface area contributed by atoms with Gasteiger partial charge in [-0.05, 0) is 130 Å². The first-order valence-electron chi connectivity index (χ1n) is 15.1. The molecule has 10 atom stereocenters. The predicted molar refractivity (Wildman–Crippen MR) is 148 cm³/mol. The molecule has 3 nitrogen and oxygen atoms in total. The lowest BCUT2D eigenvalue weighted by atomic mass is 9.44. The zero-order valence-electron chi connectivity index (χ0n) is 24.3. The molecule has 35 heavy (non-hydrogen) atoms. The molecule has 0 aromatic rings. The smallest absolute Gasteiger partial charge is 0.308 e. The summed E-state index contributed by atoms with van der Waals surface area (Å²) in [7, 11) is 0.0590. The van der Waals surface area contributed by atoms with Crippen molar-refractivity contribution in [2.45, 2.75) is 130 Å². The fraction of sp³-hybridized carbons (Fsp3) is 0.968. The number of carbonyl (C=O) groups excluding carboxylic acids is 1. The van der Waals surface area contributed by atoms with Gasteiger partial charge in [0.2, 0.25) is 0 Å². The maximum Gasteiger partial charge on any atom is 0.308 e. The van der Waals surface area contributed by atoms with Gasteiger partial charge in [0.05, 0.1) is 13.0 Å². The van der Waals surface area contributed by atoms with Crippen LogP contribution in [-0.2, 0) is 14.0 Å². The van der Waals surface area contributed by atoms with Crippen molar-refractivity contribution >= 4 is 14.3 Å². The molecule has 0 aromatic carbocycles. The third-order valence-electron chi connectivity index (χ3n) is 11.8. The van der Waals surface area contributed by atoms with Gasteiger partial charge in [-0.25, -0.2) is 0 Å². The molecule has 4 aliphatic carbocycles. The van der Waals surface area contributed by atoms with Crippen LogP contribution >= 0.6 is 0 Å². The summed E-state index contributed by atoms with van der Waals surface area (Å²) in [4.78, 5) is 11.8. The molecule has 0 amide bonds. The highest BCUT2D eigenvalue weighted by molar-refractivity contribution is 6.69. The van der Waals surface area contributed by atoms with Crippen LogP contribution in [0.15, 0.2) is 0 Å². The van der Waals surface area contributed by atoms with Crippen LogP contribution in [0.2, 0.25) is 19.6 Å². The fourth-order valence-corrected chi connectivity index (χ4v) is 11.3. The van der Waals surface area contributed by atoms with E-state index in [2.05, 4.69) is 40.4 Å². The highest BCUT2D eigenvalue weighted by atomic mass is 28.4. The molecule has 0 spiro atoms. The van der Waals surface area contributed by atoms with Crippen molar-refractivity contribution in [3.05, 3.63) is 0 Å². The lowest BCUT2D eigenvalue weighted by Crippen LogP contribution is -2.54. The van der Waals surface area contributed by atoms with Crippen molar-refractivity contribution in [3.63, 3.8) is 0 Å². The van der Waals surface area contributed by atoms with Gasteiger partial charge in [0.1, 0.15) is 0 Å². The molecule has 4 saturated carbocycles. The molecule has 0 heterocycles. The highest BCUT2D eigenvalue weighted by Crippen LogP contribution is 2.68. The van der Waals surface area contributed by atoms with E-state index in [1.165, 1.54) is 71.3 Å². The molecule has 4 aliphatic rings. The topological polar surface area (TPSA) is 35.5 Å². The van der Waals surface area contributed by atoms with Gasteiger partial charge in [0.15, 0.2) is 8.32 Å². The second-order valence-electron chi connectivity index (χ2n) is 14.8. The Hall–Kier alpha value is -0.353. The van der Waals surface area contributed by atoms with E-state index in [1.54, 1.807) is 0 Å². The van der Waals surface area contributed by atoms with E-state index in [1.807, 2.05) is 6.92 Å². The molecule has 0 aliphatic heterocycles. The molecule has 0 radical (unpaired) electrons. The van der Waals surface area contributed by atoms with Crippen LogP contribution in [0.5, 0.6) is 0 Å². The number of hydrogen-bond donors (Lipinski definition) is 0. The Bertz CT molecular complexity index is 746. The zero-order valence-corrected chi connectivity index (χ0v) is 25.3. The molecular formula is C31H56O3Si. The standard InChI is InChI=1S/C31H56O3Si/c1-21(10-9-11-22(2)29(32)33-5)26-14-15-27-25-13-12-23-20-24(34-35(6,7)8)16-18-30(23,3)28(25)17-19-31(26,27)4/h21-28H,9-20H2,1-8H3. The van der Waals surface area contributed by atoms with Crippen LogP contribution in [0.1, 0.15) is 105 Å². The number of ether oxygens (including phenoxy) is 1. The predicted octanol–water partition coefficient (Wildman–Crippen LogP) is 8.48. The zero-order chi connectivity index (χ0) is 25.6. The summed E-state index contributed by atoms with van der Waals surface area (Å²) < 4.78 is 11.5. The van der Waals surface area contributed by atoms with Gasteiger partial charge < -0.3 is 9.16 Å². The van der Waals surface area contributed by atoms with E-state index in [9.17, 15) is 4.79 Å². The third kappa shape index (κ3) is 5.45. The fourth-order valence-electron chi connectivity index (χ4n) is 10.1. The van der Waals surface area contributed by atoms with Gasteiger partial charge >= 0.3 is 5.97 Å². The number of methoxy groups -OCH3 is 1. The Morgan fingerprint density at radius 3 is 2.29 bits per heavy atom. The summed E-state index contributed by atoms with van der Waals surface area (Å²) in [5.74, 6) is 5.36. The highest BCUT2D eigenvalue weighted by Gasteiger charge is 2.60. The number of fused-ring (bicyclic) bond motifs is 5. The Kier molecular flexibility index (Phi) is 8.24. The van der Waals surface area contributed by atoms with Crippen molar-refractivity contribution in [1.82, 2.24) is 0 Å². The number of carbonyl (C=O) groups is 1. The van der Waals surface area contributed by atoms with Gasteiger partial charge in [-0.2, -0.15) is 0 Å². The van der Waals surface area contributed by atoms with E-state index < -0.39 is 8.32 Å². The Labute approximate surface area is 218 Å². The first-order valence-corrected chi connectivity index (χ1v) is 18.6. The van der Waals surface area contributed by atoms with Crippen LogP contribution in [-0.4, -0.2) is 27.5 Å². The minimum atomic E-state index is -1.45. The van der Waals surface area contributed by atoms with E-state index >= 15 is 0 Å². The van der Waals surface area contributed by atoms with Crippen LogP contribution in [0.25, 0.3) is 0 Å². The van der Waals surface area contributed by atoms with Crippen molar-refractivity contribution in [2.24, 2.45) is 52.3 Å². The largest absolute Gasteiger partial charge is 0.469 e. The Morgan fingerprint density at radius 1 is 0.914 bits per heavy atom. The third-order valence-corrected chi connectivity index (χ3v) is 12.8.